The van der Waals surface area contributed by atoms with Gasteiger partial charge < -0.3 is 9.47 Å². The summed E-state index contributed by atoms with van der Waals surface area (Å²) in [4.78, 5) is 12.7. The van der Waals surface area contributed by atoms with Gasteiger partial charge in [-0.3, -0.25) is 0 Å². The monoisotopic (exact) mass is 424 g/mol. The minimum absolute atomic E-state index is 0.267. The SMILES string of the molecule is CCCCCCCCC(OC(=O)Oc1ccccc1CCCCCC)c1ccccc1. The van der Waals surface area contributed by atoms with Gasteiger partial charge in [0, 0.05) is 0 Å². The van der Waals surface area contributed by atoms with Crippen LogP contribution in [0.3, 0.4) is 0 Å². The third kappa shape index (κ3) is 10.0. The Morgan fingerprint density at radius 2 is 1.35 bits per heavy atom. The predicted octanol–water partition coefficient (Wildman–Crippen LogP) is 8.82. The molecule has 0 heterocycles. The van der Waals surface area contributed by atoms with Crippen LogP contribution in [0.1, 0.15) is 102 Å². The molecule has 1 atom stereocenters. The molecule has 0 radical (unpaired) electrons. The van der Waals surface area contributed by atoms with Crippen LogP contribution >= 0.6 is 0 Å². The van der Waals surface area contributed by atoms with Gasteiger partial charge in [0.1, 0.15) is 11.9 Å². The van der Waals surface area contributed by atoms with E-state index in [0.717, 1.165) is 36.8 Å². The number of benzene rings is 2. The second-order valence-corrected chi connectivity index (χ2v) is 8.34. The number of unbranched alkanes of at least 4 members (excludes halogenated alkanes) is 8. The Balaban J connectivity index is 1.92. The summed E-state index contributed by atoms with van der Waals surface area (Å²) in [5, 5.41) is 0. The summed E-state index contributed by atoms with van der Waals surface area (Å²) >= 11 is 0. The van der Waals surface area contributed by atoms with E-state index in [-0.39, 0.29) is 6.10 Å². The molecule has 0 aliphatic carbocycles. The Morgan fingerprint density at radius 1 is 0.742 bits per heavy atom. The molecule has 0 saturated carbocycles. The van der Waals surface area contributed by atoms with E-state index in [9.17, 15) is 4.79 Å². The molecule has 2 aromatic carbocycles. The number of hydrogen-bond donors (Lipinski definition) is 0. The van der Waals surface area contributed by atoms with Gasteiger partial charge in [0.25, 0.3) is 0 Å². The van der Waals surface area contributed by atoms with Gasteiger partial charge in [-0.1, -0.05) is 114 Å². The molecule has 2 rings (SSSR count). The van der Waals surface area contributed by atoms with Crippen molar-refractivity contribution >= 4 is 6.16 Å². The Hall–Kier alpha value is -2.29. The van der Waals surface area contributed by atoms with Gasteiger partial charge in [-0.25, -0.2) is 4.79 Å². The Bertz CT molecular complexity index is 726. The second-order valence-electron chi connectivity index (χ2n) is 8.34. The summed E-state index contributed by atoms with van der Waals surface area (Å²) in [7, 11) is 0. The lowest BCUT2D eigenvalue weighted by atomic mass is 10.0. The number of rotatable bonds is 15. The summed E-state index contributed by atoms with van der Waals surface area (Å²) in [6.45, 7) is 4.44. The quantitative estimate of drug-likeness (QED) is 0.163. The third-order valence-corrected chi connectivity index (χ3v) is 5.70. The largest absolute Gasteiger partial charge is 0.514 e. The molecule has 0 aromatic heterocycles. The van der Waals surface area contributed by atoms with Gasteiger partial charge in [0.15, 0.2) is 0 Å². The molecule has 1 unspecified atom stereocenters. The Morgan fingerprint density at radius 3 is 2.10 bits per heavy atom. The molecule has 31 heavy (non-hydrogen) atoms. The zero-order chi connectivity index (χ0) is 22.2. The van der Waals surface area contributed by atoms with E-state index in [1.54, 1.807) is 0 Å². The first-order valence-corrected chi connectivity index (χ1v) is 12.3. The van der Waals surface area contributed by atoms with Gasteiger partial charge in [-0.05, 0) is 42.9 Å². The highest BCUT2D eigenvalue weighted by Crippen LogP contribution is 2.27. The lowest BCUT2D eigenvalue weighted by molar-refractivity contribution is 0.0525. The topological polar surface area (TPSA) is 35.5 Å². The first-order chi connectivity index (χ1) is 15.2. The molecule has 3 heteroatoms. The van der Waals surface area contributed by atoms with E-state index >= 15 is 0 Å². The first kappa shape index (κ1) is 25.0. The highest BCUT2D eigenvalue weighted by atomic mass is 16.7. The number of hydrogen-bond acceptors (Lipinski definition) is 3. The number of aryl methyl sites for hydroxylation is 1. The van der Waals surface area contributed by atoms with Crippen LogP contribution in [-0.2, 0) is 11.2 Å². The summed E-state index contributed by atoms with van der Waals surface area (Å²) in [6, 6.07) is 17.8. The highest BCUT2D eigenvalue weighted by molar-refractivity contribution is 5.65. The maximum absolute atomic E-state index is 12.7. The fourth-order valence-electron chi connectivity index (χ4n) is 3.85. The average Bonchev–Trinajstić information content (AvgIpc) is 2.80. The van der Waals surface area contributed by atoms with Crippen molar-refractivity contribution in [3.05, 3.63) is 65.7 Å². The van der Waals surface area contributed by atoms with Gasteiger partial charge in [-0.15, -0.1) is 0 Å². The highest BCUT2D eigenvalue weighted by Gasteiger charge is 2.19. The fraction of sp³-hybridized carbons (Fsp3) is 0.536. The van der Waals surface area contributed by atoms with Crippen molar-refractivity contribution in [2.45, 2.75) is 97.0 Å². The molecule has 0 fully saturated rings. The van der Waals surface area contributed by atoms with Gasteiger partial charge in [-0.2, -0.15) is 0 Å². The molecule has 170 valence electrons. The summed E-state index contributed by atoms with van der Waals surface area (Å²) in [6.07, 6.45) is 12.9. The number of carbonyl (C=O) groups excluding carboxylic acids is 1. The molecular formula is C28H40O3. The number of para-hydroxylation sites is 1. The predicted molar refractivity (Wildman–Crippen MR) is 129 cm³/mol. The third-order valence-electron chi connectivity index (χ3n) is 5.70. The Kier molecular flexibility index (Phi) is 12.5. The molecule has 0 N–H and O–H groups in total. The summed E-state index contributed by atoms with van der Waals surface area (Å²) in [5.74, 6) is 0.621. The van der Waals surface area contributed by atoms with Gasteiger partial charge in [0.2, 0.25) is 0 Å². The van der Waals surface area contributed by atoms with E-state index in [0.29, 0.717) is 5.75 Å². The van der Waals surface area contributed by atoms with Gasteiger partial charge >= 0.3 is 6.16 Å². The van der Waals surface area contributed by atoms with Crippen molar-refractivity contribution in [2.75, 3.05) is 0 Å². The molecule has 0 aliphatic heterocycles. The zero-order valence-corrected chi connectivity index (χ0v) is 19.5. The van der Waals surface area contributed by atoms with Crippen molar-refractivity contribution in [1.29, 1.82) is 0 Å². The molecule has 0 saturated heterocycles. The Labute approximate surface area is 189 Å². The summed E-state index contributed by atoms with van der Waals surface area (Å²) in [5.41, 5.74) is 2.10. The van der Waals surface area contributed by atoms with E-state index in [4.69, 9.17) is 9.47 Å². The molecule has 0 aliphatic rings. The van der Waals surface area contributed by atoms with Crippen LogP contribution < -0.4 is 4.74 Å². The maximum Gasteiger partial charge on any atom is 0.514 e. The standard InChI is InChI=1S/C28H40O3/c1-3-5-7-9-10-15-22-26(24-19-13-11-14-20-24)30-28(29)31-27-23-17-16-21-25(27)18-12-8-6-4-2/h11,13-14,16-17,19-21,23,26H,3-10,12,15,18,22H2,1-2H3. The molecule has 0 spiro atoms. The lowest BCUT2D eigenvalue weighted by Crippen LogP contribution is -2.16. The maximum atomic E-state index is 12.7. The molecule has 3 nitrogen and oxygen atoms in total. The fourth-order valence-corrected chi connectivity index (χ4v) is 3.85. The van der Waals surface area contributed by atoms with Crippen molar-refractivity contribution in [3.8, 4) is 5.75 Å². The first-order valence-electron chi connectivity index (χ1n) is 12.3. The normalized spacial score (nSPS) is 11.8. The van der Waals surface area contributed by atoms with Crippen LogP contribution in [0.25, 0.3) is 0 Å². The van der Waals surface area contributed by atoms with Crippen molar-refractivity contribution in [3.63, 3.8) is 0 Å². The zero-order valence-electron chi connectivity index (χ0n) is 19.5. The average molecular weight is 425 g/mol. The van der Waals surface area contributed by atoms with E-state index in [1.807, 2.05) is 54.6 Å². The molecule has 0 amide bonds. The molecule has 0 bridgehead atoms. The van der Waals surface area contributed by atoms with Crippen molar-refractivity contribution in [2.24, 2.45) is 0 Å². The molecular weight excluding hydrogens is 384 g/mol. The minimum atomic E-state index is -0.610. The molecule has 2 aromatic rings. The smallest absolute Gasteiger partial charge is 0.426 e. The number of carbonyl (C=O) groups is 1. The van der Waals surface area contributed by atoms with E-state index < -0.39 is 6.16 Å². The van der Waals surface area contributed by atoms with Crippen LogP contribution in [0.5, 0.6) is 5.75 Å². The van der Waals surface area contributed by atoms with Crippen molar-refractivity contribution < 1.29 is 14.3 Å². The number of ether oxygens (including phenoxy) is 2. The van der Waals surface area contributed by atoms with E-state index in [2.05, 4.69) is 13.8 Å². The summed E-state index contributed by atoms with van der Waals surface area (Å²) < 4.78 is 11.5. The lowest BCUT2D eigenvalue weighted by Gasteiger charge is -2.19. The second kappa shape index (κ2) is 15.5. The van der Waals surface area contributed by atoms with Crippen molar-refractivity contribution in [1.82, 2.24) is 0 Å². The van der Waals surface area contributed by atoms with Gasteiger partial charge in [0.05, 0.1) is 0 Å². The van der Waals surface area contributed by atoms with Crippen LogP contribution in [0.15, 0.2) is 54.6 Å². The van der Waals surface area contributed by atoms with Crippen LogP contribution in [-0.4, -0.2) is 6.16 Å². The van der Waals surface area contributed by atoms with Crippen LogP contribution in [0.4, 0.5) is 4.79 Å². The van der Waals surface area contributed by atoms with Crippen LogP contribution in [0.2, 0.25) is 0 Å². The minimum Gasteiger partial charge on any atom is -0.426 e. The van der Waals surface area contributed by atoms with E-state index in [1.165, 1.54) is 51.4 Å². The van der Waals surface area contributed by atoms with Crippen LogP contribution in [0, 0.1) is 0 Å².